The van der Waals surface area contributed by atoms with Gasteiger partial charge in [0.15, 0.2) is 0 Å². The molecule has 5 nitrogen and oxygen atoms in total. The van der Waals surface area contributed by atoms with Crippen molar-refractivity contribution >= 4 is 29.4 Å². The van der Waals surface area contributed by atoms with Crippen LogP contribution >= 0.6 is 11.8 Å². The molecule has 0 bridgehead atoms. The van der Waals surface area contributed by atoms with Crippen molar-refractivity contribution in [1.29, 1.82) is 0 Å². The number of anilines is 1. The lowest BCUT2D eigenvalue weighted by molar-refractivity contribution is -0.117. The largest absolute Gasteiger partial charge is 0.399 e. The molecule has 19 heavy (non-hydrogen) atoms. The predicted octanol–water partition coefficient (Wildman–Crippen LogP) is 1.90. The van der Waals surface area contributed by atoms with Gasteiger partial charge in [0.25, 0.3) is 0 Å². The molecular weight excluding hydrogens is 262 g/mol. The lowest BCUT2D eigenvalue weighted by Crippen LogP contribution is -2.43. The average Bonchev–Trinajstić information content (AvgIpc) is 2.26. The van der Waals surface area contributed by atoms with Crippen LogP contribution in [0, 0.1) is 6.92 Å². The molecule has 0 fully saturated rings. The summed E-state index contributed by atoms with van der Waals surface area (Å²) in [6.07, 6.45) is 0. The van der Waals surface area contributed by atoms with E-state index in [0.717, 1.165) is 10.5 Å². The van der Waals surface area contributed by atoms with E-state index < -0.39 is 6.03 Å². The number of amides is 3. The van der Waals surface area contributed by atoms with Crippen LogP contribution in [0.25, 0.3) is 0 Å². The third-order valence-electron chi connectivity index (χ3n) is 2.23. The standard InChI is InChI=1S/C13H19N3O2S/c1-8(2)15-13(18)16-12(17)7-19-11-5-4-10(14)6-9(11)3/h4-6,8H,7,14H2,1-3H3,(H2,15,16,17,18). The van der Waals surface area contributed by atoms with E-state index in [4.69, 9.17) is 5.73 Å². The van der Waals surface area contributed by atoms with E-state index in [1.165, 1.54) is 11.8 Å². The first-order valence-electron chi connectivity index (χ1n) is 5.97. The van der Waals surface area contributed by atoms with E-state index in [1.54, 1.807) is 6.07 Å². The van der Waals surface area contributed by atoms with E-state index in [9.17, 15) is 9.59 Å². The van der Waals surface area contributed by atoms with Crippen molar-refractivity contribution in [2.24, 2.45) is 0 Å². The fraction of sp³-hybridized carbons (Fsp3) is 0.385. The Morgan fingerprint density at radius 1 is 1.37 bits per heavy atom. The summed E-state index contributed by atoms with van der Waals surface area (Å²) >= 11 is 1.38. The number of hydrogen-bond acceptors (Lipinski definition) is 4. The molecule has 0 aliphatic heterocycles. The average molecular weight is 281 g/mol. The summed E-state index contributed by atoms with van der Waals surface area (Å²) in [4.78, 5) is 23.9. The van der Waals surface area contributed by atoms with Gasteiger partial charge in [0.05, 0.1) is 5.75 Å². The Bertz CT molecular complexity index is 475. The van der Waals surface area contributed by atoms with Crippen molar-refractivity contribution in [3.8, 4) is 0 Å². The van der Waals surface area contributed by atoms with Crippen LogP contribution in [0.4, 0.5) is 10.5 Å². The number of nitrogens with two attached hydrogens (primary N) is 1. The van der Waals surface area contributed by atoms with Gasteiger partial charge in [-0.3, -0.25) is 10.1 Å². The van der Waals surface area contributed by atoms with Crippen molar-refractivity contribution < 1.29 is 9.59 Å². The van der Waals surface area contributed by atoms with Gasteiger partial charge in [0, 0.05) is 16.6 Å². The highest BCUT2D eigenvalue weighted by Gasteiger charge is 2.09. The number of nitrogens with one attached hydrogen (secondary N) is 2. The van der Waals surface area contributed by atoms with Crippen LogP contribution in [0.15, 0.2) is 23.1 Å². The summed E-state index contributed by atoms with van der Waals surface area (Å²) in [5.41, 5.74) is 7.37. The van der Waals surface area contributed by atoms with Crippen molar-refractivity contribution in [2.75, 3.05) is 11.5 Å². The molecule has 1 aromatic carbocycles. The molecule has 1 aromatic rings. The third kappa shape index (κ3) is 5.65. The molecule has 4 N–H and O–H groups in total. The monoisotopic (exact) mass is 281 g/mol. The Morgan fingerprint density at radius 3 is 2.63 bits per heavy atom. The number of carbonyl (C=O) groups excluding carboxylic acids is 2. The van der Waals surface area contributed by atoms with Crippen molar-refractivity contribution in [2.45, 2.75) is 31.7 Å². The second kappa shape index (κ2) is 7.04. The zero-order chi connectivity index (χ0) is 14.4. The van der Waals surface area contributed by atoms with Crippen LogP contribution in [-0.2, 0) is 4.79 Å². The fourth-order valence-corrected chi connectivity index (χ4v) is 2.25. The zero-order valence-electron chi connectivity index (χ0n) is 11.3. The maximum absolute atomic E-state index is 11.6. The van der Waals surface area contributed by atoms with Gasteiger partial charge < -0.3 is 11.1 Å². The van der Waals surface area contributed by atoms with Crippen LogP contribution in [-0.4, -0.2) is 23.7 Å². The molecule has 0 aromatic heterocycles. The van der Waals surface area contributed by atoms with Gasteiger partial charge in [-0.05, 0) is 44.5 Å². The fourth-order valence-electron chi connectivity index (χ4n) is 1.44. The van der Waals surface area contributed by atoms with Gasteiger partial charge in [-0.15, -0.1) is 11.8 Å². The first kappa shape index (κ1) is 15.4. The topological polar surface area (TPSA) is 84.2 Å². The van der Waals surface area contributed by atoms with Crippen LogP contribution in [0.5, 0.6) is 0 Å². The Balaban J connectivity index is 2.44. The maximum atomic E-state index is 11.6. The minimum Gasteiger partial charge on any atom is -0.399 e. The summed E-state index contributed by atoms with van der Waals surface area (Å²) in [6, 6.07) is 5.05. The Morgan fingerprint density at radius 2 is 2.05 bits per heavy atom. The number of carbonyl (C=O) groups is 2. The van der Waals surface area contributed by atoms with Crippen molar-refractivity contribution in [1.82, 2.24) is 10.6 Å². The second-order valence-corrected chi connectivity index (χ2v) is 5.51. The molecule has 0 saturated heterocycles. The number of urea groups is 1. The highest BCUT2D eigenvalue weighted by molar-refractivity contribution is 8.00. The summed E-state index contributed by atoms with van der Waals surface area (Å²) < 4.78 is 0. The summed E-state index contributed by atoms with van der Waals surface area (Å²) in [5, 5.41) is 4.87. The van der Waals surface area contributed by atoms with E-state index in [2.05, 4.69) is 10.6 Å². The molecule has 0 aliphatic carbocycles. The molecule has 0 aliphatic rings. The molecule has 0 unspecified atom stereocenters. The summed E-state index contributed by atoms with van der Waals surface area (Å²) in [5.74, 6) is -0.129. The van der Waals surface area contributed by atoms with Gasteiger partial charge in [-0.1, -0.05) is 0 Å². The quantitative estimate of drug-likeness (QED) is 0.581. The molecule has 6 heteroatoms. The van der Waals surface area contributed by atoms with E-state index in [-0.39, 0.29) is 17.7 Å². The predicted molar refractivity (Wildman–Crippen MR) is 78.1 cm³/mol. The number of hydrogen-bond donors (Lipinski definition) is 3. The number of rotatable bonds is 4. The summed E-state index contributed by atoms with van der Waals surface area (Å²) in [6.45, 7) is 5.59. The number of imide groups is 1. The van der Waals surface area contributed by atoms with Crippen molar-refractivity contribution in [3.05, 3.63) is 23.8 Å². The second-order valence-electron chi connectivity index (χ2n) is 4.49. The normalized spacial score (nSPS) is 10.3. The highest BCUT2D eigenvalue weighted by atomic mass is 32.2. The minimum absolute atomic E-state index is 0.000189. The number of aryl methyl sites for hydroxylation is 1. The molecule has 0 radical (unpaired) electrons. The third-order valence-corrected chi connectivity index (χ3v) is 3.41. The van der Waals surface area contributed by atoms with Crippen LogP contribution in [0.3, 0.4) is 0 Å². The van der Waals surface area contributed by atoms with E-state index in [1.807, 2.05) is 32.9 Å². The van der Waals surface area contributed by atoms with Gasteiger partial charge >= 0.3 is 6.03 Å². The van der Waals surface area contributed by atoms with Gasteiger partial charge in [-0.25, -0.2) is 4.79 Å². The molecule has 0 saturated carbocycles. The smallest absolute Gasteiger partial charge is 0.321 e. The number of thioether (sulfide) groups is 1. The molecule has 3 amide bonds. The molecular formula is C13H19N3O2S. The van der Waals surface area contributed by atoms with Crippen LogP contribution in [0.2, 0.25) is 0 Å². The van der Waals surface area contributed by atoms with E-state index >= 15 is 0 Å². The van der Waals surface area contributed by atoms with Gasteiger partial charge in [0.2, 0.25) is 5.91 Å². The SMILES string of the molecule is Cc1cc(N)ccc1SCC(=O)NC(=O)NC(C)C. The lowest BCUT2D eigenvalue weighted by atomic mass is 10.2. The van der Waals surface area contributed by atoms with Crippen molar-refractivity contribution in [3.63, 3.8) is 0 Å². The highest BCUT2D eigenvalue weighted by Crippen LogP contribution is 2.23. The molecule has 104 valence electrons. The molecule has 1 rings (SSSR count). The maximum Gasteiger partial charge on any atom is 0.321 e. The first-order chi connectivity index (χ1) is 8.88. The molecule has 0 heterocycles. The van der Waals surface area contributed by atoms with Gasteiger partial charge in [0.1, 0.15) is 0 Å². The number of nitrogen functional groups attached to an aromatic ring is 1. The Kier molecular flexibility index (Phi) is 5.69. The lowest BCUT2D eigenvalue weighted by Gasteiger charge is -2.09. The Hall–Kier alpha value is -1.69. The molecule has 0 atom stereocenters. The zero-order valence-corrected chi connectivity index (χ0v) is 12.1. The van der Waals surface area contributed by atoms with E-state index in [0.29, 0.717) is 5.69 Å². The first-order valence-corrected chi connectivity index (χ1v) is 6.96. The van der Waals surface area contributed by atoms with Crippen LogP contribution < -0.4 is 16.4 Å². The van der Waals surface area contributed by atoms with Crippen LogP contribution in [0.1, 0.15) is 19.4 Å². The number of benzene rings is 1. The van der Waals surface area contributed by atoms with Gasteiger partial charge in [-0.2, -0.15) is 0 Å². The Labute approximate surface area is 117 Å². The molecule has 0 spiro atoms. The minimum atomic E-state index is -0.463. The summed E-state index contributed by atoms with van der Waals surface area (Å²) in [7, 11) is 0.